The van der Waals surface area contributed by atoms with Crippen LogP contribution in [0.2, 0.25) is 5.02 Å². The molecule has 1 heterocycles. The van der Waals surface area contributed by atoms with Gasteiger partial charge in [-0.05, 0) is 48.9 Å². The van der Waals surface area contributed by atoms with Gasteiger partial charge in [0.2, 0.25) is 10.0 Å². The van der Waals surface area contributed by atoms with Crippen molar-refractivity contribution < 1.29 is 21.6 Å². The van der Waals surface area contributed by atoms with E-state index in [1.807, 2.05) is 19.1 Å². The number of ether oxygens (including phenoxy) is 1. The Bertz CT molecular complexity index is 1950. The molecule has 7 nitrogen and oxygen atoms in total. The van der Waals surface area contributed by atoms with Crippen molar-refractivity contribution in [2.24, 2.45) is 0 Å². The first-order chi connectivity index (χ1) is 20.1. The SMILES string of the molecule is COCC(Br)c1c(C(NS(=O)(=O)c2ccc(C)cc2)c2ccccc2Cl)n(S(=O)(=O)c2ccccc2)c2ccccc12. The smallest absolute Gasteiger partial charge is 0.268 e. The molecule has 0 aliphatic carbocycles. The minimum absolute atomic E-state index is 0.0348. The maximum absolute atomic E-state index is 14.5. The molecule has 0 amide bonds. The highest BCUT2D eigenvalue weighted by molar-refractivity contribution is 9.09. The zero-order valence-corrected chi connectivity index (χ0v) is 26.7. The highest BCUT2D eigenvalue weighted by Gasteiger charge is 2.37. The molecule has 0 radical (unpaired) electrons. The van der Waals surface area contributed by atoms with Crippen LogP contribution in [-0.2, 0) is 24.8 Å². The average Bonchev–Trinajstić information content (AvgIpc) is 3.33. The first-order valence-corrected chi connectivity index (χ1v) is 17.2. The number of aryl methyl sites for hydroxylation is 1. The molecule has 0 spiro atoms. The number of aromatic nitrogens is 1. The van der Waals surface area contributed by atoms with Gasteiger partial charge in [0.25, 0.3) is 10.0 Å². The van der Waals surface area contributed by atoms with Crippen molar-refractivity contribution in [1.29, 1.82) is 0 Å². The van der Waals surface area contributed by atoms with Gasteiger partial charge in [0.05, 0.1) is 38.5 Å². The largest absolute Gasteiger partial charge is 0.383 e. The molecule has 1 aromatic heterocycles. The van der Waals surface area contributed by atoms with Crippen LogP contribution in [0.3, 0.4) is 0 Å². The van der Waals surface area contributed by atoms with Gasteiger partial charge in [-0.3, -0.25) is 0 Å². The number of hydrogen-bond donors (Lipinski definition) is 1. The van der Waals surface area contributed by atoms with E-state index >= 15 is 0 Å². The summed E-state index contributed by atoms with van der Waals surface area (Å²) in [6, 6.07) is 27.1. The minimum Gasteiger partial charge on any atom is -0.383 e. The molecule has 0 aliphatic heterocycles. The Kier molecular flexibility index (Phi) is 8.94. The van der Waals surface area contributed by atoms with E-state index in [-0.39, 0.29) is 27.1 Å². The third-order valence-corrected chi connectivity index (χ3v) is 11.2. The number of benzene rings is 4. The van der Waals surface area contributed by atoms with Gasteiger partial charge >= 0.3 is 0 Å². The third kappa shape index (κ3) is 5.79. The summed E-state index contributed by atoms with van der Waals surface area (Å²) in [5, 5.41) is 0.893. The zero-order chi connectivity index (χ0) is 30.1. The highest BCUT2D eigenvalue weighted by Crippen LogP contribution is 2.43. The summed E-state index contributed by atoms with van der Waals surface area (Å²) in [4.78, 5) is -0.410. The third-order valence-electron chi connectivity index (χ3n) is 6.91. The number of sulfonamides is 1. The van der Waals surface area contributed by atoms with Gasteiger partial charge in [0.15, 0.2) is 0 Å². The molecule has 11 heteroatoms. The number of nitrogens with one attached hydrogen (secondary N) is 1. The van der Waals surface area contributed by atoms with Crippen LogP contribution in [0.25, 0.3) is 10.9 Å². The molecule has 1 N–H and O–H groups in total. The molecule has 0 aliphatic rings. The number of alkyl halides is 1. The van der Waals surface area contributed by atoms with E-state index in [0.29, 0.717) is 22.0 Å². The average molecular weight is 688 g/mol. The standard InChI is InChI=1S/C31H28BrClN2O5S2/c1-21-16-18-22(19-17-21)41(36,37)34-30(24-12-6-8-14-27(24)33)31-29(26(32)20-40-2)25-13-7-9-15-28(25)35(31)42(38,39)23-10-4-3-5-11-23/h3-19,26,30,34H,20H2,1-2H3. The first-order valence-electron chi connectivity index (χ1n) is 13.0. The Morgan fingerprint density at radius 2 is 1.45 bits per heavy atom. The quantitative estimate of drug-likeness (QED) is 0.160. The molecule has 4 aromatic carbocycles. The van der Waals surface area contributed by atoms with Crippen molar-refractivity contribution in [2.45, 2.75) is 27.6 Å². The summed E-state index contributed by atoms with van der Waals surface area (Å²) >= 11 is 10.4. The maximum atomic E-state index is 14.5. The summed E-state index contributed by atoms with van der Waals surface area (Å²) in [6.07, 6.45) is 0. The number of methoxy groups -OCH3 is 1. The fourth-order valence-electron chi connectivity index (χ4n) is 4.96. The lowest BCUT2D eigenvalue weighted by atomic mass is 9.98. The lowest BCUT2D eigenvalue weighted by Crippen LogP contribution is -2.33. The van der Waals surface area contributed by atoms with E-state index in [2.05, 4.69) is 20.7 Å². The number of fused-ring (bicyclic) bond motifs is 1. The van der Waals surface area contributed by atoms with Crippen LogP contribution in [0.5, 0.6) is 0 Å². The molecule has 42 heavy (non-hydrogen) atoms. The predicted molar refractivity (Wildman–Crippen MR) is 169 cm³/mol. The van der Waals surface area contributed by atoms with E-state index in [1.54, 1.807) is 73.8 Å². The van der Waals surface area contributed by atoms with E-state index in [9.17, 15) is 16.8 Å². The second-order valence-corrected chi connectivity index (χ2v) is 14.7. The number of para-hydroxylation sites is 1. The lowest BCUT2D eigenvalue weighted by molar-refractivity contribution is 0.201. The summed E-state index contributed by atoms with van der Waals surface area (Å²) in [6.45, 7) is 2.05. The molecular weight excluding hydrogens is 660 g/mol. The maximum Gasteiger partial charge on any atom is 0.268 e. The van der Waals surface area contributed by atoms with Crippen LogP contribution in [0, 0.1) is 6.92 Å². The molecule has 2 unspecified atom stereocenters. The first kappa shape index (κ1) is 30.5. The van der Waals surface area contributed by atoms with Gasteiger partial charge in [0, 0.05) is 23.1 Å². The van der Waals surface area contributed by atoms with E-state index in [0.717, 1.165) is 5.56 Å². The van der Waals surface area contributed by atoms with Crippen LogP contribution in [-0.4, -0.2) is 34.5 Å². The van der Waals surface area contributed by atoms with Crippen molar-refractivity contribution in [3.63, 3.8) is 0 Å². The fourth-order valence-corrected chi connectivity index (χ4v) is 8.72. The highest BCUT2D eigenvalue weighted by atomic mass is 79.9. The predicted octanol–water partition coefficient (Wildman–Crippen LogP) is 6.99. The van der Waals surface area contributed by atoms with Crippen molar-refractivity contribution in [3.8, 4) is 0 Å². The summed E-state index contributed by atoms with van der Waals surface area (Å²) < 4.78 is 66.2. The van der Waals surface area contributed by atoms with Crippen LogP contribution in [0.15, 0.2) is 113 Å². The topological polar surface area (TPSA) is 94.5 Å². The molecule has 218 valence electrons. The Morgan fingerprint density at radius 3 is 2.12 bits per heavy atom. The number of halogens is 2. The Labute approximate surface area is 259 Å². The second kappa shape index (κ2) is 12.3. The summed E-state index contributed by atoms with van der Waals surface area (Å²) in [5.41, 5.74) is 2.43. The molecule has 0 fully saturated rings. The normalized spacial score (nSPS) is 13.7. The molecular formula is C31H28BrClN2O5S2. The van der Waals surface area contributed by atoms with Gasteiger partial charge < -0.3 is 4.74 Å². The summed E-state index contributed by atoms with van der Waals surface area (Å²) in [7, 11) is -6.87. The van der Waals surface area contributed by atoms with Crippen LogP contribution in [0.4, 0.5) is 0 Å². The van der Waals surface area contributed by atoms with Gasteiger partial charge in [-0.1, -0.05) is 99.8 Å². The van der Waals surface area contributed by atoms with E-state index in [4.69, 9.17) is 16.3 Å². The molecule has 5 aromatic rings. The van der Waals surface area contributed by atoms with Crippen molar-refractivity contribution in [1.82, 2.24) is 8.69 Å². The monoisotopic (exact) mass is 686 g/mol. The van der Waals surface area contributed by atoms with Gasteiger partial charge in [0.1, 0.15) is 0 Å². The summed E-state index contributed by atoms with van der Waals surface area (Å²) in [5.74, 6) is 0. The number of nitrogens with zero attached hydrogens (tertiary/aromatic N) is 1. The molecule has 2 atom stereocenters. The van der Waals surface area contributed by atoms with Crippen LogP contribution in [0.1, 0.15) is 33.3 Å². The lowest BCUT2D eigenvalue weighted by Gasteiger charge is -2.25. The zero-order valence-electron chi connectivity index (χ0n) is 22.7. The van der Waals surface area contributed by atoms with Gasteiger partial charge in [-0.25, -0.2) is 20.8 Å². The minimum atomic E-state index is -4.24. The fraction of sp³-hybridized carbons (Fsp3) is 0.161. The number of rotatable bonds is 10. The molecule has 0 bridgehead atoms. The number of hydrogen-bond acceptors (Lipinski definition) is 5. The van der Waals surface area contributed by atoms with E-state index in [1.165, 1.54) is 28.2 Å². The second-order valence-electron chi connectivity index (χ2n) is 9.71. The van der Waals surface area contributed by atoms with Crippen molar-refractivity contribution in [2.75, 3.05) is 13.7 Å². The van der Waals surface area contributed by atoms with Gasteiger partial charge in [-0.2, -0.15) is 4.72 Å². The Balaban J connectivity index is 1.89. The van der Waals surface area contributed by atoms with Gasteiger partial charge in [-0.15, -0.1) is 0 Å². The Hall–Kier alpha value is -2.99. The Morgan fingerprint density at radius 1 is 0.833 bits per heavy atom. The molecule has 0 saturated heterocycles. The molecule has 0 saturated carbocycles. The van der Waals surface area contributed by atoms with Crippen molar-refractivity contribution >= 4 is 58.5 Å². The van der Waals surface area contributed by atoms with Crippen LogP contribution >= 0.6 is 27.5 Å². The van der Waals surface area contributed by atoms with Crippen LogP contribution < -0.4 is 4.72 Å². The van der Waals surface area contributed by atoms with Crippen molar-refractivity contribution in [3.05, 3.63) is 131 Å². The van der Waals surface area contributed by atoms with E-state index < -0.39 is 30.9 Å². The molecule has 5 rings (SSSR count).